The quantitative estimate of drug-likeness (QED) is 0.329. The molecule has 0 fully saturated rings. The second kappa shape index (κ2) is 9.76. The molecule has 176 valence electrons. The van der Waals surface area contributed by atoms with Crippen molar-refractivity contribution in [1.29, 1.82) is 0 Å². The van der Waals surface area contributed by atoms with Crippen LogP contribution >= 0.6 is 27.5 Å². The number of nitrogens with zero attached hydrogens (tertiary/aromatic N) is 4. The molecule has 0 saturated carbocycles. The van der Waals surface area contributed by atoms with Crippen LogP contribution in [0.3, 0.4) is 0 Å². The summed E-state index contributed by atoms with van der Waals surface area (Å²) in [6.07, 6.45) is 0.176. The molecule has 1 aliphatic rings. The minimum absolute atomic E-state index is 0.0790. The third kappa shape index (κ3) is 4.66. The normalized spacial score (nSPS) is 14.5. The summed E-state index contributed by atoms with van der Waals surface area (Å²) in [6.45, 7) is 4.37. The topological polar surface area (TPSA) is 72.2 Å². The second-order valence-electron chi connectivity index (χ2n) is 8.34. The van der Waals surface area contributed by atoms with Gasteiger partial charge in [0.15, 0.2) is 5.82 Å². The maximum absolute atomic E-state index is 12.6. The van der Waals surface area contributed by atoms with E-state index >= 15 is 0 Å². The first-order chi connectivity index (χ1) is 16.9. The molecule has 0 bridgehead atoms. The van der Waals surface area contributed by atoms with Crippen LogP contribution in [-0.2, 0) is 4.79 Å². The van der Waals surface area contributed by atoms with Gasteiger partial charge in [-0.05, 0) is 61.4 Å². The number of nitrogens with one attached hydrogen (secondary N) is 1. The third-order valence-electron chi connectivity index (χ3n) is 5.95. The Labute approximate surface area is 217 Å². The molecule has 4 aromatic rings. The molecule has 1 aliphatic heterocycles. The maximum Gasteiger partial charge on any atom is 0.222 e. The van der Waals surface area contributed by atoms with Crippen LogP contribution in [-0.4, -0.2) is 32.9 Å². The Bertz CT molecular complexity index is 1440. The van der Waals surface area contributed by atoms with Crippen molar-refractivity contribution in [1.82, 2.24) is 20.1 Å². The van der Waals surface area contributed by atoms with E-state index in [0.717, 1.165) is 44.0 Å². The number of benzene rings is 3. The molecule has 8 heteroatoms. The Kier molecular flexibility index (Phi) is 6.54. The largest absolute Gasteiger partial charge is 0.356 e. The molecular weight excluding hydrogens is 526 g/mol. The number of halogens is 2. The molecule has 3 aromatic carbocycles. The highest BCUT2D eigenvalue weighted by Crippen LogP contribution is 2.35. The summed E-state index contributed by atoms with van der Waals surface area (Å²) >= 11 is 9.77. The highest BCUT2D eigenvalue weighted by atomic mass is 79.9. The highest BCUT2D eigenvalue weighted by Gasteiger charge is 2.29. The fourth-order valence-electron chi connectivity index (χ4n) is 4.36. The highest BCUT2D eigenvalue weighted by molar-refractivity contribution is 9.10. The van der Waals surface area contributed by atoms with Gasteiger partial charge in [0.05, 0.1) is 17.8 Å². The Morgan fingerprint density at radius 2 is 1.77 bits per heavy atom. The van der Waals surface area contributed by atoms with Gasteiger partial charge in [-0.2, -0.15) is 0 Å². The van der Waals surface area contributed by atoms with Crippen LogP contribution in [0.4, 0.5) is 0 Å². The summed E-state index contributed by atoms with van der Waals surface area (Å²) < 4.78 is 3.02. The first-order valence-electron chi connectivity index (χ1n) is 11.4. The number of aryl methyl sites for hydroxylation is 1. The lowest BCUT2D eigenvalue weighted by molar-refractivity contribution is -0.121. The van der Waals surface area contributed by atoms with Gasteiger partial charge in [0, 0.05) is 27.2 Å². The van der Waals surface area contributed by atoms with Gasteiger partial charge in [-0.1, -0.05) is 57.9 Å². The van der Waals surface area contributed by atoms with Crippen LogP contribution < -0.4 is 5.32 Å². The van der Waals surface area contributed by atoms with E-state index in [1.807, 2.05) is 54.8 Å². The van der Waals surface area contributed by atoms with Gasteiger partial charge in [0.1, 0.15) is 11.9 Å². The molecule has 0 spiro atoms. The van der Waals surface area contributed by atoms with Crippen molar-refractivity contribution < 1.29 is 4.79 Å². The van der Waals surface area contributed by atoms with Crippen molar-refractivity contribution in [2.75, 3.05) is 6.54 Å². The Morgan fingerprint density at radius 1 is 1.03 bits per heavy atom. The Balaban J connectivity index is 1.75. The zero-order chi connectivity index (χ0) is 24.5. The number of amides is 1. The maximum atomic E-state index is 12.6. The van der Waals surface area contributed by atoms with Crippen molar-refractivity contribution in [3.63, 3.8) is 0 Å². The van der Waals surface area contributed by atoms with Gasteiger partial charge >= 0.3 is 0 Å². The van der Waals surface area contributed by atoms with E-state index in [0.29, 0.717) is 17.4 Å². The standard InChI is InChI=1S/C27H23BrClN5O/c1-3-30-25(35)15-23-27-33-32-16(2)34(27)24-12-9-19(18-5-4-6-20(28)13-18)14-22(24)26(31-23)17-7-10-21(29)11-8-17/h4-14,23H,3,15H2,1-2H3,(H,30,35). The SMILES string of the molecule is CCNC(=O)CC1N=C(c2ccc(Cl)cc2)c2cc(-c3cccc(Br)c3)ccc2-n2c(C)nnc21. The fourth-order valence-corrected chi connectivity index (χ4v) is 4.89. The molecule has 1 amide bonds. The molecule has 5 rings (SSSR count). The number of aliphatic imine (C=N–C) groups is 1. The first-order valence-corrected chi connectivity index (χ1v) is 12.5. The average Bonchev–Trinajstić information content (AvgIpc) is 3.17. The average molecular weight is 549 g/mol. The first kappa shape index (κ1) is 23.5. The molecule has 0 saturated heterocycles. The van der Waals surface area contributed by atoms with Gasteiger partial charge in [-0.15, -0.1) is 10.2 Å². The van der Waals surface area contributed by atoms with Gasteiger partial charge < -0.3 is 5.32 Å². The van der Waals surface area contributed by atoms with E-state index in [2.05, 4.69) is 61.8 Å². The van der Waals surface area contributed by atoms with E-state index in [1.165, 1.54) is 0 Å². The molecule has 6 nitrogen and oxygen atoms in total. The number of hydrogen-bond donors (Lipinski definition) is 1. The molecule has 1 aromatic heterocycles. The molecule has 0 aliphatic carbocycles. The van der Waals surface area contributed by atoms with Gasteiger partial charge in [-0.3, -0.25) is 14.4 Å². The molecule has 1 unspecified atom stereocenters. The summed E-state index contributed by atoms with van der Waals surface area (Å²) in [5.74, 6) is 1.31. The Morgan fingerprint density at radius 3 is 2.51 bits per heavy atom. The molecule has 35 heavy (non-hydrogen) atoms. The van der Waals surface area contributed by atoms with Crippen LogP contribution in [0, 0.1) is 6.92 Å². The van der Waals surface area contributed by atoms with E-state index < -0.39 is 6.04 Å². The van der Waals surface area contributed by atoms with Crippen molar-refractivity contribution >= 4 is 39.1 Å². The fraction of sp³-hybridized carbons (Fsp3) is 0.185. The summed E-state index contributed by atoms with van der Waals surface area (Å²) in [5.41, 5.74) is 5.70. The molecule has 0 radical (unpaired) electrons. The number of aromatic nitrogens is 3. The number of carbonyl (C=O) groups is 1. The van der Waals surface area contributed by atoms with Crippen LogP contribution in [0.25, 0.3) is 16.8 Å². The summed E-state index contributed by atoms with van der Waals surface area (Å²) in [7, 11) is 0. The number of rotatable bonds is 5. The van der Waals surface area contributed by atoms with E-state index in [9.17, 15) is 4.79 Å². The van der Waals surface area contributed by atoms with Gasteiger partial charge in [-0.25, -0.2) is 0 Å². The summed E-state index contributed by atoms with van der Waals surface area (Å²) in [4.78, 5) is 17.7. The minimum Gasteiger partial charge on any atom is -0.356 e. The lowest BCUT2D eigenvalue weighted by atomic mass is 9.95. The lowest BCUT2D eigenvalue weighted by Crippen LogP contribution is -2.25. The van der Waals surface area contributed by atoms with Gasteiger partial charge in [0.25, 0.3) is 0 Å². The van der Waals surface area contributed by atoms with Crippen LogP contribution in [0.1, 0.15) is 42.2 Å². The predicted molar refractivity (Wildman–Crippen MR) is 142 cm³/mol. The van der Waals surface area contributed by atoms with E-state index in [1.54, 1.807) is 0 Å². The zero-order valence-corrected chi connectivity index (χ0v) is 21.6. The number of hydrogen-bond acceptors (Lipinski definition) is 4. The van der Waals surface area contributed by atoms with E-state index in [-0.39, 0.29) is 12.3 Å². The van der Waals surface area contributed by atoms with Crippen LogP contribution in [0.15, 0.2) is 76.2 Å². The van der Waals surface area contributed by atoms with Crippen LogP contribution in [0.5, 0.6) is 0 Å². The Hall–Kier alpha value is -3.29. The van der Waals surface area contributed by atoms with Crippen LogP contribution in [0.2, 0.25) is 5.02 Å². The lowest BCUT2D eigenvalue weighted by Gasteiger charge is -2.15. The molecular formula is C27H23BrClN5O. The molecule has 2 heterocycles. The van der Waals surface area contributed by atoms with Crippen molar-refractivity contribution in [2.24, 2.45) is 4.99 Å². The van der Waals surface area contributed by atoms with Crippen molar-refractivity contribution in [3.05, 3.63) is 99.0 Å². The number of carbonyl (C=O) groups excluding carboxylic acids is 1. The van der Waals surface area contributed by atoms with Gasteiger partial charge in [0.2, 0.25) is 5.91 Å². The minimum atomic E-state index is -0.491. The smallest absolute Gasteiger partial charge is 0.222 e. The third-order valence-corrected chi connectivity index (χ3v) is 6.70. The second-order valence-corrected chi connectivity index (χ2v) is 9.69. The summed E-state index contributed by atoms with van der Waals surface area (Å²) in [6, 6.07) is 21.6. The predicted octanol–water partition coefficient (Wildman–Crippen LogP) is 6.08. The van der Waals surface area contributed by atoms with Crippen molar-refractivity contribution in [2.45, 2.75) is 26.3 Å². The molecule has 1 atom stereocenters. The zero-order valence-electron chi connectivity index (χ0n) is 19.3. The molecule has 1 N–H and O–H groups in total. The van der Waals surface area contributed by atoms with E-state index in [4.69, 9.17) is 16.6 Å². The monoisotopic (exact) mass is 547 g/mol. The number of fused-ring (bicyclic) bond motifs is 3. The van der Waals surface area contributed by atoms with Crippen molar-refractivity contribution in [3.8, 4) is 16.8 Å². The summed E-state index contributed by atoms with van der Waals surface area (Å²) in [5, 5.41) is 12.3.